The van der Waals surface area contributed by atoms with Crippen LogP contribution in [0.4, 0.5) is 87.8 Å². The van der Waals surface area contributed by atoms with Crippen LogP contribution < -0.4 is 0 Å². The van der Waals surface area contributed by atoms with Crippen LogP contribution in [-0.4, -0.2) is 59.7 Å². The first-order valence-corrected chi connectivity index (χ1v) is 7.20. The van der Waals surface area contributed by atoms with E-state index in [9.17, 15) is 87.8 Å². The summed E-state index contributed by atoms with van der Waals surface area (Å²) in [5.41, 5.74) is 0. The van der Waals surface area contributed by atoms with Crippen LogP contribution in [0.25, 0.3) is 0 Å². The van der Waals surface area contributed by atoms with E-state index in [-0.39, 0.29) is 6.92 Å². The molecular formula is C12H6F20. The third kappa shape index (κ3) is 3.71. The Labute approximate surface area is 162 Å². The van der Waals surface area contributed by atoms with Crippen molar-refractivity contribution in [2.45, 2.75) is 73.1 Å². The minimum Gasteiger partial charge on any atom is -0.233 e. The van der Waals surface area contributed by atoms with Crippen LogP contribution in [0.2, 0.25) is 0 Å². The van der Waals surface area contributed by atoms with Gasteiger partial charge in [0.25, 0.3) is 0 Å². The maximum atomic E-state index is 13.3. The lowest BCUT2D eigenvalue weighted by Gasteiger charge is -2.43. The Balaban J connectivity index is 6.81. The molecule has 0 saturated heterocycles. The summed E-state index contributed by atoms with van der Waals surface area (Å²) in [5, 5.41) is 0. The highest BCUT2D eigenvalue weighted by atomic mass is 19.4. The molecule has 0 aliphatic carbocycles. The molecule has 1 atom stereocenters. The van der Waals surface area contributed by atoms with Crippen LogP contribution in [0.3, 0.4) is 0 Å². The van der Waals surface area contributed by atoms with E-state index in [4.69, 9.17) is 0 Å². The monoisotopic (exact) mass is 530 g/mol. The lowest BCUT2D eigenvalue weighted by Crippen LogP contribution is -2.74. The Bertz CT molecular complexity index is 669. The molecule has 0 spiro atoms. The first-order valence-electron chi connectivity index (χ1n) is 7.20. The average Bonchev–Trinajstić information content (AvgIpc) is 2.58. The van der Waals surface area contributed by atoms with Crippen molar-refractivity contribution in [1.82, 2.24) is 0 Å². The molecule has 0 aliphatic heterocycles. The molecule has 0 aliphatic rings. The second kappa shape index (κ2) is 7.56. The van der Waals surface area contributed by atoms with Gasteiger partial charge in [0.1, 0.15) is 0 Å². The predicted molar refractivity (Wildman–Crippen MR) is 60.8 cm³/mol. The van der Waals surface area contributed by atoms with Crippen molar-refractivity contribution in [2.75, 3.05) is 0 Å². The summed E-state index contributed by atoms with van der Waals surface area (Å²) in [5.74, 6) is -64.7. The molecule has 194 valence electrons. The third-order valence-corrected chi connectivity index (χ3v) is 3.91. The maximum absolute atomic E-state index is 13.3. The number of rotatable bonds is 9. The molecule has 32 heavy (non-hydrogen) atoms. The minimum absolute atomic E-state index is 0.143. The van der Waals surface area contributed by atoms with E-state index in [0.717, 1.165) is 0 Å². The Morgan fingerprint density at radius 1 is 0.438 bits per heavy atom. The van der Waals surface area contributed by atoms with Gasteiger partial charge in [-0.1, -0.05) is 6.92 Å². The molecule has 0 rings (SSSR count). The topological polar surface area (TPSA) is 0 Å². The van der Waals surface area contributed by atoms with Crippen molar-refractivity contribution in [3.63, 3.8) is 0 Å². The van der Waals surface area contributed by atoms with E-state index in [1.165, 1.54) is 0 Å². The third-order valence-electron chi connectivity index (χ3n) is 3.91. The van der Waals surface area contributed by atoms with Gasteiger partial charge in [-0.15, -0.1) is 0 Å². The smallest absolute Gasteiger partial charge is 0.233 e. The Morgan fingerprint density at radius 2 is 0.719 bits per heavy atom. The molecule has 0 fully saturated rings. The van der Waals surface area contributed by atoms with Crippen molar-refractivity contribution >= 4 is 0 Å². The van der Waals surface area contributed by atoms with E-state index < -0.39 is 66.1 Å². The zero-order chi connectivity index (χ0) is 26.8. The van der Waals surface area contributed by atoms with E-state index in [1.54, 1.807) is 0 Å². The van der Waals surface area contributed by atoms with Crippen molar-refractivity contribution in [3.8, 4) is 0 Å². The predicted octanol–water partition coefficient (Wildman–Crippen LogP) is 7.38. The highest BCUT2D eigenvalue weighted by molar-refractivity contribution is 5.16. The van der Waals surface area contributed by atoms with E-state index in [2.05, 4.69) is 0 Å². The summed E-state index contributed by atoms with van der Waals surface area (Å²) in [7, 11) is 0. The summed E-state index contributed by atoms with van der Waals surface area (Å²) in [4.78, 5) is 0. The normalized spacial score (nSPS) is 17.5. The molecule has 0 radical (unpaired) electrons. The fourth-order valence-corrected chi connectivity index (χ4v) is 1.78. The van der Waals surface area contributed by atoms with Gasteiger partial charge in [-0.05, 0) is 0 Å². The van der Waals surface area contributed by atoms with Crippen molar-refractivity contribution < 1.29 is 87.8 Å². The van der Waals surface area contributed by atoms with E-state index in [0.29, 0.717) is 0 Å². The molecule has 1 unspecified atom stereocenters. The number of alkyl halides is 20. The molecule has 0 heterocycles. The lowest BCUT2D eigenvalue weighted by molar-refractivity contribution is -0.450. The van der Waals surface area contributed by atoms with E-state index >= 15 is 0 Å². The first kappa shape index (κ1) is 30.6. The van der Waals surface area contributed by atoms with Crippen molar-refractivity contribution in [3.05, 3.63) is 0 Å². The summed E-state index contributed by atoms with van der Waals surface area (Å²) >= 11 is 0. The first-order chi connectivity index (χ1) is 13.5. The number of hydrogen-bond donors (Lipinski definition) is 0. The van der Waals surface area contributed by atoms with Gasteiger partial charge in [0.2, 0.25) is 6.17 Å². The molecular weight excluding hydrogens is 524 g/mol. The van der Waals surface area contributed by atoms with Crippen LogP contribution in [0.1, 0.15) is 13.3 Å². The highest BCUT2D eigenvalue weighted by Crippen LogP contribution is 2.64. The largest absolute Gasteiger partial charge is 0.456 e. The highest BCUT2D eigenvalue weighted by Gasteiger charge is 2.94. The van der Waals surface area contributed by atoms with Gasteiger partial charge in [0.05, 0.1) is 0 Å². The molecule has 0 aromatic carbocycles. The van der Waals surface area contributed by atoms with Crippen LogP contribution in [0.5, 0.6) is 0 Å². The summed E-state index contributed by atoms with van der Waals surface area (Å²) in [6.45, 7) is -0.143. The Morgan fingerprint density at radius 3 is 1.00 bits per heavy atom. The molecule has 0 nitrogen and oxygen atoms in total. The second-order valence-corrected chi connectivity index (χ2v) is 6.04. The SMILES string of the molecule is CCC(F)(F)C(F)(F)C(F)(F)C(F)(F)C(F)(F)C(F)(F)C(F)(F)C(F)C(F)(F)C(F)(F)F. The number of hydrogen-bond acceptors (Lipinski definition) is 0. The Kier molecular flexibility index (Phi) is 7.23. The quantitative estimate of drug-likeness (QED) is 0.273. The molecule has 0 N–H and O–H groups in total. The Hall–Kier alpha value is -1.40. The molecule has 20 heteroatoms. The second-order valence-electron chi connectivity index (χ2n) is 6.04. The van der Waals surface area contributed by atoms with Gasteiger partial charge in [0.15, 0.2) is 0 Å². The number of halogens is 20. The fraction of sp³-hybridized carbons (Fsp3) is 1.00. The average molecular weight is 530 g/mol. The van der Waals surface area contributed by atoms with Crippen molar-refractivity contribution in [1.29, 1.82) is 0 Å². The van der Waals surface area contributed by atoms with Gasteiger partial charge in [-0.25, -0.2) is 4.39 Å². The van der Waals surface area contributed by atoms with Gasteiger partial charge in [0, 0.05) is 6.42 Å². The molecule has 0 bridgehead atoms. The zero-order valence-corrected chi connectivity index (χ0v) is 14.3. The lowest BCUT2D eigenvalue weighted by atomic mass is 9.86. The van der Waals surface area contributed by atoms with Gasteiger partial charge < -0.3 is 0 Å². The minimum atomic E-state index is -8.81. The van der Waals surface area contributed by atoms with Crippen LogP contribution in [0.15, 0.2) is 0 Å². The van der Waals surface area contributed by atoms with E-state index in [1.807, 2.05) is 0 Å². The van der Waals surface area contributed by atoms with Crippen LogP contribution >= 0.6 is 0 Å². The van der Waals surface area contributed by atoms with Crippen molar-refractivity contribution in [2.24, 2.45) is 0 Å². The zero-order valence-electron chi connectivity index (χ0n) is 14.3. The maximum Gasteiger partial charge on any atom is 0.456 e. The molecule has 0 aromatic rings. The van der Waals surface area contributed by atoms with Gasteiger partial charge >= 0.3 is 53.6 Å². The summed E-state index contributed by atoms with van der Waals surface area (Å²) in [6.07, 6.45) is -17.0. The van der Waals surface area contributed by atoms with Crippen LogP contribution in [0, 0.1) is 0 Å². The molecule has 0 aromatic heterocycles. The standard InChI is InChI=1S/C12H6F20/c1-2-4(14,15)7(20,21)9(24,25)11(28,29)10(26,27)8(22,23)5(16,17)3(13)6(18,19)12(30,31)32/h3H,2H2,1H3. The molecule has 0 saturated carbocycles. The summed E-state index contributed by atoms with van der Waals surface area (Å²) < 4.78 is 258. The molecule has 0 amide bonds. The van der Waals surface area contributed by atoms with Gasteiger partial charge in [-0.3, -0.25) is 0 Å². The fourth-order valence-electron chi connectivity index (χ4n) is 1.78. The van der Waals surface area contributed by atoms with Crippen LogP contribution in [-0.2, 0) is 0 Å². The van der Waals surface area contributed by atoms with Gasteiger partial charge in [-0.2, -0.15) is 83.4 Å². The summed E-state index contributed by atoms with van der Waals surface area (Å²) in [6, 6.07) is 0.